The Kier molecular flexibility index (Phi) is 7.76. The summed E-state index contributed by atoms with van der Waals surface area (Å²) in [4.78, 5) is 35.6. The number of carboxylic acids is 1. The Morgan fingerprint density at radius 1 is 1.09 bits per heavy atom. The number of benzene rings is 1. The number of aromatic amines is 1. The van der Waals surface area contributed by atoms with E-state index in [-0.39, 0.29) is 23.6 Å². The number of hydrogen-bond donors (Lipinski definition) is 2. The van der Waals surface area contributed by atoms with Crippen molar-refractivity contribution >= 4 is 28.5 Å². The number of hydrogen-bond acceptors (Lipinski definition) is 3. The number of rotatable bonds is 8. The monoisotopic (exact) mass is 468 g/mol. The summed E-state index contributed by atoms with van der Waals surface area (Å²) in [7, 11) is 0. The van der Waals surface area contributed by atoms with Crippen molar-refractivity contribution in [3.8, 4) is 0 Å². The molecule has 0 saturated carbocycles. The summed E-state index contributed by atoms with van der Waals surface area (Å²) in [5.74, 6) is -0.941. The Morgan fingerprint density at radius 2 is 1.74 bits per heavy atom. The topological polar surface area (TPSA) is 79.9 Å². The molecule has 7 nitrogen and oxygen atoms in total. The van der Waals surface area contributed by atoms with Crippen LogP contribution in [0.3, 0.4) is 0 Å². The summed E-state index contributed by atoms with van der Waals surface area (Å²) in [6.45, 7) is 18.5. The van der Waals surface area contributed by atoms with Crippen LogP contribution >= 0.6 is 0 Å². The summed E-state index contributed by atoms with van der Waals surface area (Å²) in [6.07, 6.45) is 1.57. The van der Waals surface area contributed by atoms with Gasteiger partial charge in [-0.05, 0) is 37.6 Å². The van der Waals surface area contributed by atoms with E-state index in [0.29, 0.717) is 18.8 Å². The Labute approximate surface area is 203 Å². The first-order chi connectivity index (χ1) is 16.1. The van der Waals surface area contributed by atoms with Crippen LogP contribution in [0.5, 0.6) is 0 Å². The summed E-state index contributed by atoms with van der Waals surface area (Å²) in [5, 5.41) is 11.2. The van der Waals surface area contributed by atoms with E-state index in [0.717, 1.165) is 36.1 Å². The predicted octanol–water partition coefficient (Wildman–Crippen LogP) is 4.99. The summed E-state index contributed by atoms with van der Waals surface area (Å²) in [5.41, 5.74) is 2.08. The quantitative estimate of drug-likeness (QED) is 0.572. The lowest BCUT2D eigenvalue weighted by atomic mass is 9.72. The maximum absolute atomic E-state index is 14.0. The summed E-state index contributed by atoms with van der Waals surface area (Å²) >= 11 is 0. The molecule has 1 unspecified atom stereocenters. The largest absolute Gasteiger partial charge is 0.478 e. The molecular formula is C27H40N4O3. The number of amides is 2. The number of likely N-dealkylation sites (N-methyl/N-ethyl adjacent to an activating group) is 2. The van der Waals surface area contributed by atoms with Gasteiger partial charge >= 0.3 is 12.0 Å². The van der Waals surface area contributed by atoms with Crippen LogP contribution in [0.4, 0.5) is 4.79 Å². The minimum absolute atomic E-state index is 0.103. The molecule has 2 heterocycles. The van der Waals surface area contributed by atoms with Crippen molar-refractivity contribution in [1.29, 1.82) is 0 Å². The normalized spacial score (nSPS) is 17.6. The maximum atomic E-state index is 14.0. The van der Waals surface area contributed by atoms with Crippen molar-refractivity contribution in [3.05, 3.63) is 41.7 Å². The second-order valence-corrected chi connectivity index (χ2v) is 9.98. The Hall–Kier alpha value is -2.80. The van der Waals surface area contributed by atoms with E-state index in [2.05, 4.69) is 51.4 Å². The molecule has 2 N–H and O–H groups in total. The molecule has 0 spiro atoms. The van der Waals surface area contributed by atoms with Gasteiger partial charge in [-0.25, -0.2) is 9.59 Å². The van der Waals surface area contributed by atoms with Crippen molar-refractivity contribution in [2.75, 3.05) is 32.7 Å². The molecule has 1 atom stereocenters. The Balaban J connectivity index is 2.16. The molecule has 0 saturated heterocycles. The van der Waals surface area contributed by atoms with Gasteiger partial charge in [0.05, 0.1) is 11.3 Å². The highest BCUT2D eigenvalue weighted by atomic mass is 16.4. The first kappa shape index (κ1) is 25.8. The van der Waals surface area contributed by atoms with E-state index in [4.69, 9.17) is 0 Å². The molecule has 1 aromatic carbocycles. The van der Waals surface area contributed by atoms with Crippen LogP contribution < -0.4 is 0 Å². The van der Waals surface area contributed by atoms with Crippen molar-refractivity contribution < 1.29 is 14.7 Å². The summed E-state index contributed by atoms with van der Waals surface area (Å²) < 4.78 is 0. The van der Waals surface area contributed by atoms with Crippen LogP contribution in [0.15, 0.2) is 30.5 Å². The number of aliphatic carboxylic acids is 1. The standard InChI is InChI=1S/C27H40N4O3/c1-8-29(9-2)15-16-30(10-3)26(34)31-17-20(25(32)33)23-22(27(6,7)24(31)18(4)5)19-13-11-12-14-21(19)28-23/h11-14,17-18,24,28H,8-10,15-16H2,1-7H3,(H,32,33). The predicted molar refractivity (Wildman–Crippen MR) is 138 cm³/mol. The lowest BCUT2D eigenvalue weighted by Gasteiger charge is -2.44. The first-order valence-electron chi connectivity index (χ1n) is 12.4. The molecule has 1 aromatic heterocycles. The fourth-order valence-corrected chi connectivity index (χ4v) is 5.64. The van der Waals surface area contributed by atoms with E-state index in [1.807, 2.05) is 36.1 Å². The van der Waals surface area contributed by atoms with Crippen LogP contribution in [0.2, 0.25) is 0 Å². The zero-order chi connectivity index (χ0) is 25.2. The highest BCUT2D eigenvalue weighted by Crippen LogP contribution is 2.45. The van der Waals surface area contributed by atoms with Gasteiger partial charge in [0.25, 0.3) is 0 Å². The van der Waals surface area contributed by atoms with Crippen molar-refractivity contribution in [1.82, 2.24) is 19.7 Å². The van der Waals surface area contributed by atoms with Crippen LogP contribution in [-0.4, -0.2) is 75.6 Å². The fourth-order valence-electron chi connectivity index (χ4n) is 5.64. The van der Waals surface area contributed by atoms with Crippen LogP contribution in [-0.2, 0) is 10.2 Å². The zero-order valence-corrected chi connectivity index (χ0v) is 21.7. The Bertz CT molecular complexity index is 1070. The number of carboxylic acid groups (broad SMARTS) is 1. The fraction of sp³-hybridized carbons (Fsp3) is 0.556. The smallest absolute Gasteiger partial charge is 0.339 e. The van der Waals surface area contributed by atoms with Crippen LogP contribution in [0.25, 0.3) is 16.5 Å². The number of carbonyl (C=O) groups is 2. The molecule has 0 fully saturated rings. The van der Waals surface area contributed by atoms with Crippen LogP contribution in [0, 0.1) is 5.92 Å². The van der Waals surface area contributed by atoms with Gasteiger partial charge in [-0.3, -0.25) is 4.90 Å². The highest BCUT2D eigenvalue weighted by molar-refractivity contribution is 6.17. The van der Waals surface area contributed by atoms with Gasteiger partial charge in [0.15, 0.2) is 0 Å². The molecule has 1 aliphatic heterocycles. The average molecular weight is 469 g/mol. The van der Waals surface area contributed by atoms with Crippen molar-refractivity contribution in [2.45, 2.75) is 59.9 Å². The van der Waals surface area contributed by atoms with E-state index in [1.165, 1.54) is 0 Å². The number of H-pyrrole nitrogens is 1. The lowest BCUT2D eigenvalue weighted by molar-refractivity contribution is -0.130. The number of aromatic nitrogens is 1. The van der Waals surface area contributed by atoms with Gasteiger partial charge in [0.2, 0.25) is 0 Å². The minimum atomic E-state index is -1.04. The molecule has 3 rings (SSSR count). The molecule has 1 aliphatic rings. The minimum Gasteiger partial charge on any atom is -0.478 e. The van der Waals surface area contributed by atoms with Crippen molar-refractivity contribution in [3.63, 3.8) is 0 Å². The van der Waals surface area contributed by atoms with Gasteiger partial charge in [-0.1, -0.05) is 59.7 Å². The SMILES string of the molecule is CCN(CC)CCN(CC)C(=O)N1C=C(C(=O)O)c2[nH]c3ccccc3c2C(C)(C)C1C(C)C. The van der Waals surface area contributed by atoms with Gasteiger partial charge in [-0.15, -0.1) is 0 Å². The molecule has 0 radical (unpaired) electrons. The molecule has 2 aromatic rings. The highest BCUT2D eigenvalue weighted by Gasteiger charge is 2.46. The zero-order valence-electron chi connectivity index (χ0n) is 21.7. The Morgan fingerprint density at radius 3 is 2.29 bits per heavy atom. The van der Waals surface area contributed by atoms with Gasteiger partial charge in [0, 0.05) is 48.2 Å². The molecule has 2 amide bonds. The number of para-hydroxylation sites is 1. The third kappa shape index (κ3) is 4.58. The number of urea groups is 1. The molecule has 0 aliphatic carbocycles. The number of fused-ring (bicyclic) bond motifs is 3. The molecule has 34 heavy (non-hydrogen) atoms. The third-order valence-electron chi connectivity index (χ3n) is 7.24. The van der Waals surface area contributed by atoms with Gasteiger partial charge in [0.1, 0.15) is 0 Å². The number of carbonyl (C=O) groups excluding carboxylic acids is 1. The second-order valence-electron chi connectivity index (χ2n) is 9.98. The van der Waals surface area contributed by atoms with Crippen LogP contribution in [0.1, 0.15) is 59.7 Å². The molecule has 0 bridgehead atoms. The average Bonchev–Trinajstić information content (AvgIpc) is 3.14. The number of nitrogens with zero attached hydrogens (tertiary/aromatic N) is 3. The van der Waals surface area contributed by atoms with Gasteiger partial charge in [-0.2, -0.15) is 0 Å². The van der Waals surface area contributed by atoms with Gasteiger partial charge < -0.3 is 19.9 Å². The lowest BCUT2D eigenvalue weighted by Crippen LogP contribution is -2.54. The summed E-state index contributed by atoms with van der Waals surface area (Å²) in [6, 6.07) is 7.55. The maximum Gasteiger partial charge on any atom is 0.339 e. The van der Waals surface area contributed by atoms with E-state index in [1.54, 1.807) is 11.1 Å². The molecular weight excluding hydrogens is 428 g/mol. The third-order valence-corrected chi connectivity index (χ3v) is 7.24. The molecule has 7 heteroatoms. The molecule has 186 valence electrons. The van der Waals surface area contributed by atoms with Crippen molar-refractivity contribution in [2.24, 2.45) is 5.92 Å². The second kappa shape index (κ2) is 10.2. The first-order valence-corrected chi connectivity index (χ1v) is 12.4. The van der Waals surface area contributed by atoms with E-state index in [9.17, 15) is 14.7 Å². The van der Waals surface area contributed by atoms with E-state index < -0.39 is 11.4 Å². The number of nitrogens with one attached hydrogen (secondary N) is 1. The van der Waals surface area contributed by atoms with E-state index >= 15 is 0 Å².